The standard InChI is InChI=1S/C12H14BrClO2S/c13-12(9-4-6-10(14)7-5-9)11-3-1-2-8-17(11,15)16/h4-7,11-12H,1-3,8H2. The van der Waals surface area contributed by atoms with Crippen LogP contribution in [0.25, 0.3) is 0 Å². The molecule has 0 spiro atoms. The molecule has 2 nitrogen and oxygen atoms in total. The maximum atomic E-state index is 12.0. The highest BCUT2D eigenvalue weighted by Gasteiger charge is 2.34. The monoisotopic (exact) mass is 336 g/mol. The van der Waals surface area contributed by atoms with Gasteiger partial charge in [0, 0.05) is 5.02 Å². The van der Waals surface area contributed by atoms with Gasteiger partial charge in [0.2, 0.25) is 0 Å². The van der Waals surface area contributed by atoms with Crippen LogP contribution < -0.4 is 0 Å². The molecular weight excluding hydrogens is 324 g/mol. The summed E-state index contributed by atoms with van der Waals surface area (Å²) in [6, 6.07) is 7.35. The number of hydrogen-bond donors (Lipinski definition) is 0. The molecule has 1 heterocycles. The lowest BCUT2D eigenvalue weighted by molar-refractivity contribution is 0.537. The summed E-state index contributed by atoms with van der Waals surface area (Å²) in [6.07, 6.45) is 2.51. The van der Waals surface area contributed by atoms with Gasteiger partial charge in [-0.25, -0.2) is 8.42 Å². The summed E-state index contributed by atoms with van der Waals surface area (Å²) < 4.78 is 24.0. The molecule has 17 heavy (non-hydrogen) atoms. The average molecular weight is 338 g/mol. The fourth-order valence-electron chi connectivity index (χ4n) is 2.17. The van der Waals surface area contributed by atoms with Crippen LogP contribution in [0.2, 0.25) is 5.02 Å². The molecule has 0 aromatic heterocycles. The minimum atomic E-state index is -2.96. The van der Waals surface area contributed by atoms with Gasteiger partial charge in [0.1, 0.15) is 0 Å². The number of hydrogen-bond acceptors (Lipinski definition) is 2. The van der Waals surface area contributed by atoms with E-state index in [-0.39, 0.29) is 10.1 Å². The van der Waals surface area contributed by atoms with Crippen LogP contribution in [-0.4, -0.2) is 19.4 Å². The molecule has 2 atom stereocenters. The molecule has 0 amide bonds. The topological polar surface area (TPSA) is 34.1 Å². The number of benzene rings is 1. The van der Waals surface area contributed by atoms with Gasteiger partial charge in [-0.1, -0.05) is 46.1 Å². The van der Waals surface area contributed by atoms with Gasteiger partial charge in [-0.15, -0.1) is 0 Å². The molecule has 1 aromatic rings. The van der Waals surface area contributed by atoms with Crippen LogP contribution in [0.4, 0.5) is 0 Å². The van der Waals surface area contributed by atoms with Crippen molar-refractivity contribution in [1.29, 1.82) is 0 Å². The first-order valence-corrected chi connectivity index (χ1v) is 8.63. The quantitative estimate of drug-likeness (QED) is 0.770. The Labute approximate surface area is 115 Å². The lowest BCUT2D eigenvalue weighted by atomic mass is 10.1. The molecule has 1 aromatic carbocycles. The van der Waals surface area contributed by atoms with Crippen molar-refractivity contribution in [1.82, 2.24) is 0 Å². The Bertz CT molecular complexity index is 484. The lowest BCUT2D eigenvalue weighted by Crippen LogP contribution is -2.31. The van der Waals surface area contributed by atoms with Crippen LogP contribution in [0.15, 0.2) is 24.3 Å². The second-order valence-corrected chi connectivity index (χ2v) is 8.12. The third-order valence-electron chi connectivity index (χ3n) is 3.14. The largest absolute Gasteiger partial charge is 0.228 e. The summed E-state index contributed by atoms with van der Waals surface area (Å²) in [4.78, 5) is -0.134. The summed E-state index contributed by atoms with van der Waals surface area (Å²) in [5.41, 5.74) is 0.977. The third kappa shape index (κ3) is 3.04. The molecule has 1 saturated heterocycles. The van der Waals surface area contributed by atoms with Crippen molar-refractivity contribution in [2.75, 3.05) is 5.75 Å². The maximum absolute atomic E-state index is 12.0. The lowest BCUT2D eigenvalue weighted by Gasteiger charge is -2.26. The van der Waals surface area contributed by atoms with E-state index in [2.05, 4.69) is 15.9 Å². The van der Waals surface area contributed by atoms with Crippen LogP contribution >= 0.6 is 27.5 Å². The van der Waals surface area contributed by atoms with E-state index < -0.39 is 9.84 Å². The molecule has 1 aliphatic rings. The summed E-state index contributed by atoms with van der Waals surface area (Å²) in [6.45, 7) is 0. The van der Waals surface area contributed by atoms with Gasteiger partial charge < -0.3 is 0 Å². The predicted molar refractivity (Wildman–Crippen MR) is 74.5 cm³/mol. The molecule has 0 bridgehead atoms. The SMILES string of the molecule is O=S1(=O)CCCCC1C(Br)c1ccc(Cl)cc1. The van der Waals surface area contributed by atoms with Crippen LogP contribution in [0.1, 0.15) is 29.7 Å². The van der Waals surface area contributed by atoms with Crippen molar-refractivity contribution >= 4 is 37.4 Å². The molecule has 0 aliphatic carbocycles. The van der Waals surface area contributed by atoms with Gasteiger partial charge in [0.25, 0.3) is 0 Å². The Hall–Kier alpha value is -0.0600. The van der Waals surface area contributed by atoms with E-state index in [9.17, 15) is 8.42 Å². The second kappa shape index (κ2) is 5.29. The summed E-state index contributed by atoms with van der Waals surface area (Å²) in [5, 5.41) is 0.359. The highest BCUT2D eigenvalue weighted by molar-refractivity contribution is 9.09. The van der Waals surface area contributed by atoms with Crippen molar-refractivity contribution < 1.29 is 8.42 Å². The van der Waals surface area contributed by atoms with Crippen molar-refractivity contribution in [3.8, 4) is 0 Å². The first kappa shape index (κ1) is 13.4. The predicted octanol–water partition coefficient (Wildman–Crippen LogP) is 3.74. The number of rotatable bonds is 2. The highest BCUT2D eigenvalue weighted by Crippen LogP contribution is 2.36. The summed E-state index contributed by atoms with van der Waals surface area (Å²) >= 11 is 9.35. The van der Waals surface area contributed by atoms with Gasteiger partial charge >= 0.3 is 0 Å². The smallest absolute Gasteiger partial charge is 0.154 e. The van der Waals surface area contributed by atoms with Gasteiger partial charge in [0.05, 0.1) is 15.8 Å². The Morgan fingerprint density at radius 1 is 1.24 bits per heavy atom. The van der Waals surface area contributed by atoms with Crippen molar-refractivity contribution in [3.05, 3.63) is 34.9 Å². The molecule has 5 heteroatoms. The normalized spacial score (nSPS) is 25.4. The minimum absolute atomic E-state index is 0.134. The van der Waals surface area contributed by atoms with E-state index in [0.717, 1.165) is 24.8 Å². The summed E-state index contributed by atoms with van der Waals surface area (Å²) in [5.74, 6) is 0.313. The fraction of sp³-hybridized carbons (Fsp3) is 0.500. The number of alkyl halides is 1. The van der Waals surface area contributed by atoms with E-state index >= 15 is 0 Å². The fourth-order valence-corrected chi connectivity index (χ4v) is 5.81. The Kier molecular flexibility index (Phi) is 4.16. The highest BCUT2D eigenvalue weighted by atomic mass is 79.9. The summed E-state index contributed by atoms with van der Waals surface area (Å²) in [7, 11) is -2.96. The van der Waals surface area contributed by atoms with Crippen molar-refractivity contribution in [2.24, 2.45) is 0 Å². The van der Waals surface area contributed by atoms with Gasteiger partial charge in [-0.05, 0) is 30.5 Å². The maximum Gasteiger partial charge on any atom is 0.154 e. The molecular formula is C12H14BrClO2S. The first-order valence-electron chi connectivity index (χ1n) is 5.62. The average Bonchev–Trinajstić information content (AvgIpc) is 2.28. The molecule has 2 unspecified atom stereocenters. The third-order valence-corrected chi connectivity index (χ3v) is 7.20. The van der Waals surface area contributed by atoms with Gasteiger partial charge in [-0.2, -0.15) is 0 Å². The molecule has 0 N–H and O–H groups in total. The Morgan fingerprint density at radius 3 is 2.47 bits per heavy atom. The van der Waals surface area contributed by atoms with Gasteiger partial charge in [0.15, 0.2) is 9.84 Å². The second-order valence-electron chi connectivity index (χ2n) is 4.35. The first-order chi connectivity index (χ1) is 8.00. The number of sulfone groups is 1. The molecule has 0 radical (unpaired) electrons. The van der Waals surface area contributed by atoms with E-state index in [1.165, 1.54) is 0 Å². The van der Waals surface area contributed by atoms with Crippen LogP contribution in [0.3, 0.4) is 0 Å². The van der Waals surface area contributed by atoms with E-state index in [1.807, 2.05) is 12.1 Å². The van der Waals surface area contributed by atoms with Crippen LogP contribution in [-0.2, 0) is 9.84 Å². The van der Waals surface area contributed by atoms with E-state index in [4.69, 9.17) is 11.6 Å². The molecule has 2 rings (SSSR count). The van der Waals surface area contributed by atoms with Crippen LogP contribution in [0.5, 0.6) is 0 Å². The molecule has 0 saturated carbocycles. The van der Waals surface area contributed by atoms with E-state index in [0.29, 0.717) is 10.8 Å². The zero-order chi connectivity index (χ0) is 12.5. The molecule has 94 valence electrons. The van der Waals surface area contributed by atoms with Gasteiger partial charge in [-0.3, -0.25) is 0 Å². The Morgan fingerprint density at radius 2 is 1.88 bits per heavy atom. The Balaban J connectivity index is 2.24. The van der Waals surface area contributed by atoms with E-state index in [1.54, 1.807) is 12.1 Å². The zero-order valence-electron chi connectivity index (χ0n) is 9.27. The number of halogens is 2. The van der Waals surface area contributed by atoms with Crippen molar-refractivity contribution in [3.63, 3.8) is 0 Å². The van der Waals surface area contributed by atoms with Crippen LogP contribution in [0, 0.1) is 0 Å². The zero-order valence-corrected chi connectivity index (χ0v) is 12.4. The molecule has 1 aliphatic heterocycles. The minimum Gasteiger partial charge on any atom is -0.228 e. The van der Waals surface area contributed by atoms with Crippen molar-refractivity contribution in [2.45, 2.75) is 29.3 Å². The molecule has 1 fully saturated rings.